The number of sulfone groups is 1. The molecule has 1 unspecified atom stereocenters. The van der Waals surface area contributed by atoms with Crippen LogP contribution < -0.4 is 10.4 Å². The molecule has 34 heavy (non-hydrogen) atoms. The fourth-order valence-corrected chi connectivity index (χ4v) is 6.92. The molecule has 2 heterocycles. The van der Waals surface area contributed by atoms with Crippen LogP contribution in [0.3, 0.4) is 0 Å². The average molecular weight is 489 g/mol. The molecule has 0 spiro atoms. The van der Waals surface area contributed by atoms with E-state index >= 15 is 0 Å². The summed E-state index contributed by atoms with van der Waals surface area (Å²) in [6.45, 7) is 6.92. The quantitative estimate of drug-likeness (QED) is 0.445. The fourth-order valence-electron chi connectivity index (χ4n) is 4.68. The fraction of sp³-hybridized carbons (Fsp3) is 0.440. The van der Waals surface area contributed by atoms with Crippen molar-refractivity contribution >= 4 is 26.7 Å². The van der Waals surface area contributed by atoms with Gasteiger partial charge in [0.05, 0.1) is 28.2 Å². The molecule has 3 aromatic rings. The van der Waals surface area contributed by atoms with Crippen molar-refractivity contribution in [2.75, 3.05) is 18.1 Å². The molecule has 0 saturated carbocycles. The van der Waals surface area contributed by atoms with Crippen molar-refractivity contribution < 1.29 is 22.3 Å². The molecule has 4 rings (SSSR count). The molecule has 1 atom stereocenters. The number of ether oxygens (including phenoxy) is 1. The lowest BCUT2D eigenvalue weighted by Crippen LogP contribution is -2.47. The van der Waals surface area contributed by atoms with Gasteiger partial charge >= 0.3 is 5.69 Å². The van der Waals surface area contributed by atoms with Gasteiger partial charge in [-0.15, -0.1) is 0 Å². The zero-order chi connectivity index (χ0) is 24.8. The van der Waals surface area contributed by atoms with Gasteiger partial charge in [-0.05, 0) is 51.1 Å². The summed E-state index contributed by atoms with van der Waals surface area (Å²) in [5, 5.41) is 0. The molecule has 1 aliphatic rings. The highest BCUT2D eigenvalue weighted by atomic mass is 32.2. The molecule has 9 heteroatoms. The van der Waals surface area contributed by atoms with Gasteiger partial charge in [-0.2, -0.15) is 0 Å². The Balaban J connectivity index is 1.74. The summed E-state index contributed by atoms with van der Waals surface area (Å²) in [7, 11) is -3.05. The van der Waals surface area contributed by atoms with E-state index < -0.39 is 21.4 Å². The molecule has 0 radical (unpaired) electrons. The van der Waals surface area contributed by atoms with E-state index in [9.17, 15) is 22.4 Å². The van der Waals surface area contributed by atoms with Gasteiger partial charge in [-0.25, -0.2) is 17.6 Å². The van der Waals surface area contributed by atoms with E-state index in [2.05, 4.69) is 0 Å². The minimum atomic E-state index is -3.05. The van der Waals surface area contributed by atoms with Crippen molar-refractivity contribution in [3.8, 4) is 11.4 Å². The number of hydrogen-bond acceptors (Lipinski definition) is 5. The molecule has 1 saturated heterocycles. The number of halogens is 1. The van der Waals surface area contributed by atoms with E-state index in [1.54, 1.807) is 51.6 Å². The first kappa shape index (κ1) is 24.2. The molecule has 1 fully saturated rings. The smallest absolute Gasteiger partial charge is 0.333 e. The number of rotatable bonds is 8. The molecular weight excluding hydrogens is 459 g/mol. The number of benzene rings is 2. The third-order valence-corrected chi connectivity index (χ3v) is 8.26. The highest BCUT2D eigenvalue weighted by Crippen LogP contribution is 2.37. The summed E-state index contributed by atoms with van der Waals surface area (Å²) < 4.78 is 45.1. The first-order valence-electron chi connectivity index (χ1n) is 11.3. The van der Waals surface area contributed by atoms with Gasteiger partial charge in [-0.1, -0.05) is 13.0 Å². The Morgan fingerprint density at radius 3 is 2.44 bits per heavy atom. The van der Waals surface area contributed by atoms with Crippen molar-refractivity contribution in [2.45, 2.75) is 46.3 Å². The second kappa shape index (κ2) is 8.69. The monoisotopic (exact) mass is 488 g/mol. The number of Topliss-reactive ketones (excluding diaryl/α,β-unsaturated/α-hetero) is 1. The third kappa shape index (κ3) is 4.66. The Kier molecular flexibility index (Phi) is 6.18. The number of carbonyl (C=O) groups excluding carboxylic acids is 1. The molecule has 0 aliphatic carbocycles. The molecule has 0 amide bonds. The van der Waals surface area contributed by atoms with Gasteiger partial charge in [0.15, 0.2) is 15.6 Å². The predicted octanol–water partition coefficient (Wildman–Crippen LogP) is 4.12. The molecule has 1 aromatic heterocycles. The van der Waals surface area contributed by atoms with Crippen LogP contribution >= 0.6 is 0 Å². The van der Waals surface area contributed by atoms with Crippen molar-refractivity contribution in [1.82, 2.24) is 9.13 Å². The minimum Gasteiger partial charge on any atom is -0.490 e. The summed E-state index contributed by atoms with van der Waals surface area (Å²) >= 11 is 0. The van der Waals surface area contributed by atoms with Crippen LogP contribution in [0.15, 0.2) is 47.3 Å². The van der Waals surface area contributed by atoms with Gasteiger partial charge in [0.2, 0.25) is 0 Å². The van der Waals surface area contributed by atoms with Crippen LogP contribution in [0.25, 0.3) is 16.7 Å². The Morgan fingerprint density at radius 1 is 1.12 bits per heavy atom. The summed E-state index contributed by atoms with van der Waals surface area (Å²) in [5.74, 6) is 0.335. The maximum Gasteiger partial charge on any atom is 0.333 e. The number of aromatic nitrogens is 2. The number of ketones is 1. The zero-order valence-corrected chi connectivity index (χ0v) is 20.6. The van der Waals surface area contributed by atoms with E-state index in [0.29, 0.717) is 28.0 Å². The standard InChI is InChI=1S/C25H29FN2O5S/c1-16(2)27-22-10-18(23(29)12-25(4)14-34(31,32)15-25)8-9-21(22)28(24(27)30)19-6-5-7-20(11-19)33-13-17(3)26/h5-11,16-17H,12-15H2,1-4H3. The van der Waals surface area contributed by atoms with Crippen molar-refractivity contribution in [3.05, 3.63) is 58.5 Å². The van der Waals surface area contributed by atoms with Crippen molar-refractivity contribution in [3.63, 3.8) is 0 Å². The number of carbonyl (C=O) groups is 1. The Labute approximate surface area is 198 Å². The SMILES string of the molecule is CC(F)COc1cccc(-n2c(=O)n(C(C)C)c3cc(C(=O)CC4(C)CS(=O)(=O)C4)ccc32)c1. The Hall–Kier alpha value is -2.94. The number of hydrogen-bond donors (Lipinski definition) is 0. The lowest BCUT2D eigenvalue weighted by atomic mass is 9.86. The van der Waals surface area contributed by atoms with Crippen molar-refractivity contribution in [1.29, 1.82) is 0 Å². The van der Waals surface area contributed by atoms with E-state index in [0.717, 1.165) is 0 Å². The van der Waals surface area contributed by atoms with Crippen LogP contribution in [0.1, 0.15) is 50.5 Å². The van der Waals surface area contributed by atoms with Gasteiger partial charge < -0.3 is 4.74 Å². The van der Waals surface area contributed by atoms with Gasteiger partial charge in [0, 0.05) is 29.5 Å². The summed E-state index contributed by atoms with van der Waals surface area (Å²) in [6.07, 6.45) is -0.982. The molecule has 1 aliphatic heterocycles. The highest BCUT2D eigenvalue weighted by molar-refractivity contribution is 7.92. The van der Waals surface area contributed by atoms with Crippen LogP contribution in [-0.4, -0.2) is 47.6 Å². The zero-order valence-electron chi connectivity index (χ0n) is 19.7. The molecule has 7 nitrogen and oxygen atoms in total. The van der Waals surface area contributed by atoms with Crippen LogP contribution in [0, 0.1) is 5.41 Å². The van der Waals surface area contributed by atoms with Gasteiger partial charge in [0.25, 0.3) is 0 Å². The molecular formula is C25H29FN2O5S. The number of fused-ring (bicyclic) bond motifs is 1. The normalized spacial score (nSPS) is 17.5. The second-order valence-corrected chi connectivity index (χ2v) is 11.9. The average Bonchev–Trinajstić information content (AvgIpc) is 3.01. The molecule has 0 N–H and O–H groups in total. The van der Waals surface area contributed by atoms with Gasteiger partial charge in [-0.3, -0.25) is 13.9 Å². The summed E-state index contributed by atoms with van der Waals surface area (Å²) in [6, 6.07) is 11.9. The van der Waals surface area contributed by atoms with Crippen molar-refractivity contribution in [2.24, 2.45) is 5.41 Å². The lowest BCUT2D eigenvalue weighted by molar-refractivity contribution is 0.0936. The predicted molar refractivity (Wildman–Crippen MR) is 130 cm³/mol. The van der Waals surface area contributed by atoms with Crippen LogP contribution in [-0.2, 0) is 9.84 Å². The van der Waals surface area contributed by atoms with Crippen LogP contribution in [0.5, 0.6) is 5.75 Å². The third-order valence-electron chi connectivity index (χ3n) is 5.99. The Morgan fingerprint density at radius 2 is 1.82 bits per heavy atom. The van der Waals surface area contributed by atoms with Gasteiger partial charge in [0.1, 0.15) is 18.5 Å². The topological polar surface area (TPSA) is 87.4 Å². The summed E-state index contributed by atoms with van der Waals surface area (Å²) in [4.78, 5) is 26.4. The van der Waals surface area contributed by atoms with E-state index in [-0.39, 0.29) is 42.0 Å². The van der Waals surface area contributed by atoms with E-state index in [1.165, 1.54) is 6.92 Å². The number of imidazole rings is 1. The Bertz CT molecular complexity index is 1410. The number of alkyl halides is 1. The maximum atomic E-state index is 13.4. The highest BCUT2D eigenvalue weighted by Gasteiger charge is 2.45. The first-order chi connectivity index (χ1) is 15.9. The number of nitrogens with zero attached hydrogens (tertiary/aromatic N) is 2. The largest absolute Gasteiger partial charge is 0.490 e. The summed E-state index contributed by atoms with van der Waals surface area (Å²) in [5.41, 5.74) is 1.45. The molecule has 2 aromatic carbocycles. The first-order valence-corrected chi connectivity index (χ1v) is 13.1. The van der Waals surface area contributed by atoms with Crippen LogP contribution in [0.2, 0.25) is 0 Å². The lowest BCUT2D eigenvalue weighted by Gasteiger charge is -2.37. The van der Waals surface area contributed by atoms with E-state index in [1.807, 2.05) is 20.8 Å². The molecule has 0 bridgehead atoms. The molecule has 182 valence electrons. The van der Waals surface area contributed by atoms with Crippen LogP contribution in [0.4, 0.5) is 4.39 Å². The second-order valence-electron chi connectivity index (χ2n) is 9.82. The minimum absolute atomic E-state index is 0.0145. The van der Waals surface area contributed by atoms with E-state index in [4.69, 9.17) is 4.74 Å². The maximum absolute atomic E-state index is 13.4.